The Morgan fingerprint density at radius 1 is 1.37 bits per heavy atom. The molecule has 1 saturated carbocycles. The summed E-state index contributed by atoms with van der Waals surface area (Å²) in [6.07, 6.45) is 2.93. The monoisotopic (exact) mass is 436 g/mol. The minimum atomic E-state index is -3.32. The van der Waals surface area contributed by atoms with Gasteiger partial charge in [0.1, 0.15) is 0 Å². The number of aryl methyl sites for hydroxylation is 3. The molecule has 0 aromatic carbocycles. The maximum Gasteiger partial charge on any atom is 0.257 e. The summed E-state index contributed by atoms with van der Waals surface area (Å²) in [4.78, 5) is 19.5. The van der Waals surface area contributed by atoms with E-state index in [4.69, 9.17) is 4.52 Å². The van der Waals surface area contributed by atoms with Crippen molar-refractivity contribution in [3.63, 3.8) is 0 Å². The summed E-state index contributed by atoms with van der Waals surface area (Å²) in [6.45, 7) is 8.82. The van der Waals surface area contributed by atoms with Crippen LogP contribution in [0.3, 0.4) is 0 Å². The molecule has 2 fully saturated rings. The van der Waals surface area contributed by atoms with Crippen LogP contribution in [-0.2, 0) is 22.0 Å². The van der Waals surface area contributed by atoms with Gasteiger partial charge >= 0.3 is 0 Å². The number of rotatable bonds is 6. The van der Waals surface area contributed by atoms with Crippen molar-refractivity contribution in [3.8, 4) is 0 Å². The van der Waals surface area contributed by atoms with E-state index in [1.807, 2.05) is 18.7 Å². The molecular weight excluding hydrogens is 408 g/mol. The van der Waals surface area contributed by atoms with Crippen LogP contribution in [0.5, 0.6) is 0 Å². The van der Waals surface area contributed by atoms with E-state index in [-0.39, 0.29) is 23.6 Å². The van der Waals surface area contributed by atoms with Crippen LogP contribution in [0.1, 0.15) is 54.5 Å². The van der Waals surface area contributed by atoms with E-state index < -0.39 is 15.4 Å². The van der Waals surface area contributed by atoms with Gasteiger partial charge in [-0.2, -0.15) is 10.1 Å². The molecule has 1 saturated heterocycles. The molecule has 2 aliphatic rings. The summed E-state index contributed by atoms with van der Waals surface area (Å²) >= 11 is 0. The van der Waals surface area contributed by atoms with Gasteiger partial charge in [-0.15, -0.1) is 0 Å². The highest BCUT2D eigenvalue weighted by molar-refractivity contribution is 7.89. The highest BCUT2D eigenvalue weighted by Gasteiger charge is 2.58. The van der Waals surface area contributed by atoms with Gasteiger partial charge in [-0.05, 0) is 46.5 Å². The third-order valence-electron chi connectivity index (χ3n) is 6.34. The zero-order valence-electron chi connectivity index (χ0n) is 17.8. The Hall–Kier alpha value is -2.27. The normalized spacial score (nSPS) is 26.3. The van der Waals surface area contributed by atoms with Crippen LogP contribution in [0.25, 0.3) is 0 Å². The van der Waals surface area contributed by atoms with Crippen LogP contribution in [0.2, 0.25) is 0 Å². The van der Waals surface area contributed by atoms with Crippen molar-refractivity contribution in [3.05, 3.63) is 29.2 Å². The molecule has 1 aliphatic carbocycles. The molecule has 30 heavy (non-hydrogen) atoms. The highest BCUT2D eigenvalue weighted by Crippen LogP contribution is 2.50. The van der Waals surface area contributed by atoms with Crippen LogP contribution in [-0.4, -0.2) is 64.0 Å². The average Bonchev–Trinajstić information content (AvgIpc) is 3.43. The molecule has 3 atom stereocenters. The van der Waals surface area contributed by atoms with Gasteiger partial charge < -0.3 is 9.42 Å². The minimum Gasteiger partial charge on any atom is -0.339 e. The molecule has 2 aromatic rings. The molecule has 3 heterocycles. The molecule has 2 aromatic heterocycles. The lowest BCUT2D eigenvalue weighted by atomic mass is 9.80. The maximum absolute atomic E-state index is 13.3. The van der Waals surface area contributed by atoms with E-state index in [2.05, 4.69) is 20.0 Å². The fraction of sp³-hybridized carbons (Fsp3) is 0.684. The van der Waals surface area contributed by atoms with Gasteiger partial charge in [0, 0.05) is 31.9 Å². The lowest BCUT2D eigenvalue weighted by molar-refractivity contribution is 0.0772. The van der Waals surface area contributed by atoms with Gasteiger partial charge in [0.25, 0.3) is 5.91 Å². The van der Waals surface area contributed by atoms with Crippen molar-refractivity contribution in [2.45, 2.75) is 58.5 Å². The molecular formula is C19H28N6O4S. The SMILES string of the molecule is CCn1cc(C(=O)N2CC3C[C@@H](NS(=O)(=O)CC)C[C@]3(c3nc(C)no3)C2)c(C)n1. The molecule has 1 unspecified atom stereocenters. The number of carbonyl (C=O) groups is 1. The Labute approximate surface area is 176 Å². The first kappa shape index (κ1) is 21.0. The summed E-state index contributed by atoms with van der Waals surface area (Å²) in [5, 5.41) is 8.33. The standard InChI is InChI=1S/C19H28N6O4S/c1-5-25-10-16(12(3)21-25)17(26)24-9-14-7-15(23-30(27,28)6-2)8-19(14,11-24)18-20-13(4)22-29-18/h10,14-15,23H,5-9,11H2,1-4H3/t14?,15-,19+/m1/s1. The average molecular weight is 437 g/mol. The molecule has 0 spiro atoms. The fourth-order valence-corrected chi connectivity index (χ4v) is 5.70. The van der Waals surface area contributed by atoms with Crippen LogP contribution < -0.4 is 4.72 Å². The fourth-order valence-electron chi connectivity index (χ4n) is 4.84. The number of nitrogens with one attached hydrogen (secondary N) is 1. The number of aromatic nitrogens is 4. The Balaban J connectivity index is 1.62. The summed E-state index contributed by atoms with van der Waals surface area (Å²) in [7, 11) is -3.32. The predicted octanol–water partition coefficient (Wildman–Crippen LogP) is 1.01. The van der Waals surface area contributed by atoms with Crippen molar-refractivity contribution < 1.29 is 17.7 Å². The zero-order valence-corrected chi connectivity index (χ0v) is 18.6. The van der Waals surface area contributed by atoms with E-state index in [9.17, 15) is 13.2 Å². The quantitative estimate of drug-likeness (QED) is 0.717. The van der Waals surface area contributed by atoms with E-state index in [0.717, 1.165) is 0 Å². The van der Waals surface area contributed by atoms with Crippen molar-refractivity contribution in [2.75, 3.05) is 18.8 Å². The van der Waals surface area contributed by atoms with Gasteiger partial charge in [0.05, 0.1) is 22.4 Å². The first-order valence-corrected chi connectivity index (χ1v) is 12.0. The number of nitrogens with zero attached hydrogens (tertiary/aromatic N) is 5. The lowest BCUT2D eigenvalue weighted by Gasteiger charge is -2.25. The Morgan fingerprint density at radius 2 is 2.13 bits per heavy atom. The Bertz CT molecular complexity index is 1060. The second kappa shape index (κ2) is 7.45. The molecule has 1 amide bonds. The molecule has 1 N–H and O–H groups in total. The third-order valence-corrected chi connectivity index (χ3v) is 7.80. The van der Waals surface area contributed by atoms with Crippen molar-refractivity contribution >= 4 is 15.9 Å². The third kappa shape index (κ3) is 3.53. The summed E-state index contributed by atoms with van der Waals surface area (Å²) in [6, 6.07) is -0.214. The van der Waals surface area contributed by atoms with E-state index in [1.54, 1.807) is 24.7 Å². The second-order valence-corrected chi connectivity index (χ2v) is 10.4. The number of amides is 1. The first-order valence-electron chi connectivity index (χ1n) is 10.3. The molecule has 164 valence electrons. The van der Waals surface area contributed by atoms with Crippen molar-refractivity contribution in [2.24, 2.45) is 5.92 Å². The van der Waals surface area contributed by atoms with E-state index in [1.165, 1.54) is 0 Å². The van der Waals surface area contributed by atoms with E-state index >= 15 is 0 Å². The van der Waals surface area contributed by atoms with Gasteiger partial charge in [-0.1, -0.05) is 5.16 Å². The zero-order chi connectivity index (χ0) is 21.7. The van der Waals surface area contributed by atoms with Crippen LogP contribution in [0, 0.1) is 19.8 Å². The highest BCUT2D eigenvalue weighted by atomic mass is 32.2. The molecule has 1 aliphatic heterocycles. The summed E-state index contributed by atoms with van der Waals surface area (Å²) < 4.78 is 34.3. The minimum absolute atomic E-state index is 0.0339. The van der Waals surface area contributed by atoms with E-state index in [0.29, 0.717) is 55.4 Å². The topological polar surface area (TPSA) is 123 Å². The number of likely N-dealkylation sites (tertiary alicyclic amines) is 1. The Kier molecular flexibility index (Phi) is 5.21. The van der Waals surface area contributed by atoms with Gasteiger partial charge in [0.2, 0.25) is 15.9 Å². The molecule has 4 rings (SSSR count). The van der Waals surface area contributed by atoms with Gasteiger partial charge in [-0.25, -0.2) is 13.1 Å². The van der Waals surface area contributed by atoms with Gasteiger partial charge in [0.15, 0.2) is 5.82 Å². The predicted molar refractivity (Wildman–Crippen MR) is 108 cm³/mol. The molecule has 11 heteroatoms. The number of hydrogen-bond acceptors (Lipinski definition) is 7. The number of carbonyl (C=O) groups excluding carboxylic acids is 1. The smallest absolute Gasteiger partial charge is 0.257 e. The largest absolute Gasteiger partial charge is 0.339 e. The second-order valence-electron chi connectivity index (χ2n) is 8.33. The van der Waals surface area contributed by atoms with Gasteiger partial charge in [-0.3, -0.25) is 9.48 Å². The first-order chi connectivity index (χ1) is 14.2. The number of sulfonamides is 1. The molecule has 0 radical (unpaired) electrons. The number of hydrogen-bond donors (Lipinski definition) is 1. The van der Waals surface area contributed by atoms with Crippen LogP contribution in [0.4, 0.5) is 0 Å². The molecule has 10 nitrogen and oxygen atoms in total. The maximum atomic E-state index is 13.3. The molecule has 0 bridgehead atoms. The lowest BCUT2D eigenvalue weighted by Crippen LogP contribution is -2.40. The van der Waals surface area contributed by atoms with Crippen molar-refractivity contribution in [1.29, 1.82) is 0 Å². The summed E-state index contributed by atoms with van der Waals surface area (Å²) in [5.41, 5.74) is 0.749. The number of fused-ring (bicyclic) bond motifs is 1. The van der Waals surface area contributed by atoms with Crippen LogP contribution in [0.15, 0.2) is 10.7 Å². The van der Waals surface area contributed by atoms with Crippen molar-refractivity contribution in [1.82, 2.24) is 29.5 Å². The Morgan fingerprint density at radius 3 is 2.73 bits per heavy atom. The summed E-state index contributed by atoms with van der Waals surface area (Å²) in [5.74, 6) is 1.02. The van der Waals surface area contributed by atoms with Crippen LogP contribution >= 0.6 is 0 Å².